The summed E-state index contributed by atoms with van der Waals surface area (Å²) in [6.07, 6.45) is 2.69. The summed E-state index contributed by atoms with van der Waals surface area (Å²) in [6, 6.07) is 7.34. The quantitative estimate of drug-likeness (QED) is 0.848. The molecule has 0 aliphatic carbocycles. The number of aliphatic carboxylic acids is 1. The summed E-state index contributed by atoms with van der Waals surface area (Å²) in [6.45, 7) is 3.84. The summed E-state index contributed by atoms with van der Waals surface area (Å²) >= 11 is 12.3. The van der Waals surface area contributed by atoms with E-state index in [0.717, 1.165) is 28.7 Å². The maximum atomic E-state index is 10.6. The monoisotopic (exact) mass is 309 g/mol. The van der Waals surface area contributed by atoms with Crippen LogP contribution >= 0.6 is 23.2 Å². The van der Waals surface area contributed by atoms with Gasteiger partial charge in [-0.2, -0.15) is 0 Å². The van der Waals surface area contributed by atoms with Gasteiger partial charge in [-0.25, -0.2) is 4.79 Å². The van der Waals surface area contributed by atoms with Gasteiger partial charge in [-0.05, 0) is 43.7 Å². The summed E-state index contributed by atoms with van der Waals surface area (Å²) in [7, 11) is 0. The first kappa shape index (κ1) is 14.7. The fourth-order valence-corrected chi connectivity index (χ4v) is 2.53. The first-order chi connectivity index (χ1) is 9.41. The van der Waals surface area contributed by atoms with E-state index < -0.39 is 5.97 Å². The second-order valence-corrected chi connectivity index (χ2v) is 5.19. The van der Waals surface area contributed by atoms with Crippen LogP contribution in [-0.2, 0) is 4.79 Å². The molecule has 0 saturated heterocycles. The van der Waals surface area contributed by atoms with Crippen LogP contribution in [0.5, 0.6) is 0 Å². The molecule has 0 aliphatic heterocycles. The number of hydrogen-bond acceptors (Lipinski definition) is 1. The molecular weight excluding hydrogens is 297 g/mol. The Balaban J connectivity index is 2.58. The summed E-state index contributed by atoms with van der Waals surface area (Å²) in [5, 5.41) is 9.67. The molecule has 0 saturated carbocycles. The first-order valence-electron chi connectivity index (χ1n) is 5.96. The Hall–Kier alpha value is -1.71. The number of hydrogen-bond donors (Lipinski definition) is 1. The zero-order valence-electron chi connectivity index (χ0n) is 11.0. The number of aryl methyl sites for hydroxylation is 1. The van der Waals surface area contributed by atoms with Gasteiger partial charge in [0, 0.05) is 17.5 Å². The minimum atomic E-state index is -0.976. The Morgan fingerprint density at radius 3 is 2.65 bits per heavy atom. The first-order valence-corrected chi connectivity index (χ1v) is 6.71. The number of benzene rings is 1. The molecule has 5 heteroatoms. The minimum Gasteiger partial charge on any atom is -0.478 e. The van der Waals surface area contributed by atoms with Gasteiger partial charge in [0.2, 0.25) is 0 Å². The number of rotatable bonds is 3. The van der Waals surface area contributed by atoms with E-state index in [1.807, 2.05) is 36.6 Å². The van der Waals surface area contributed by atoms with Crippen LogP contribution in [-0.4, -0.2) is 15.6 Å². The van der Waals surface area contributed by atoms with Gasteiger partial charge in [0.1, 0.15) is 0 Å². The smallest absolute Gasteiger partial charge is 0.328 e. The predicted octanol–water partition coefficient (Wildman–Crippen LogP) is 4.50. The van der Waals surface area contributed by atoms with E-state index in [4.69, 9.17) is 28.3 Å². The Morgan fingerprint density at radius 2 is 2.00 bits per heavy atom. The lowest BCUT2D eigenvalue weighted by Gasteiger charge is -2.12. The number of carboxylic acid groups (broad SMARTS) is 1. The zero-order valence-corrected chi connectivity index (χ0v) is 12.5. The van der Waals surface area contributed by atoms with Crippen molar-refractivity contribution < 1.29 is 9.90 Å². The fourth-order valence-electron chi connectivity index (χ4n) is 2.15. The summed E-state index contributed by atoms with van der Waals surface area (Å²) in [4.78, 5) is 10.6. The number of aromatic nitrogens is 1. The maximum Gasteiger partial charge on any atom is 0.328 e. The molecule has 0 radical (unpaired) electrons. The summed E-state index contributed by atoms with van der Waals surface area (Å²) in [5.41, 5.74) is 3.48. The Kier molecular flexibility index (Phi) is 4.21. The normalized spacial score (nSPS) is 11.2. The van der Waals surface area contributed by atoms with Crippen molar-refractivity contribution in [2.45, 2.75) is 13.8 Å². The van der Waals surface area contributed by atoms with E-state index in [1.165, 1.54) is 0 Å². The van der Waals surface area contributed by atoms with Crippen molar-refractivity contribution in [1.82, 2.24) is 4.57 Å². The number of carbonyl (C=O) groups is 1. The molecule has 1 aromatic carbocycles. The Bertz CT molecular complexity index is 702. The van der Waals surface area contributed by atoms with Crippen LogP contribution in [0.3, 0.4) is 0 Å². The largest absolute Gasteiger partial charge is 0.478 e. The van der Waals surface area contributed by atoms with E-state index in [1.54, 1.807) is 12.1 Å². The lowest BCUT2D eigenvalue weighted by Crippen LogP contribution is -2.00. The van der Waals surface area contributed by atoms with Gasteiger partial charge >= 0.3 is 5.97 Å². The van der Waals surface area contributed by atoms with E-state index >= 15 is 0 Å². The molecule has 0 amide bonds. The molecule has 0 aliphatic rings. The third kappa shape index (κ3) is 2.74. The average molecular weight is 310 g/mol. The molecule has 0 fully saturated rings. The average Bonchev–Trinajstić information content (AvgIpc) is 2.66. The van der Waals surface area contributed by atoms with E-state index in [-0.39, 0.29) is 0 Å². The molecule has 3 nitrogen and oxygen atoms in total. The van der Waals surface area contributed by atoms with E-state index in [2.05, 4.69) is 0 Å². The molecule has 20 heavy (non-hydrogen) atoms. The highest BCUT2D eigenvalue weighted by molar-refractivity contribution is 6.43. The second kappa shape index (κ2) is 5.73. The highest BCUT2D eigenvalue weighted by Gasteiger charge is 2.13. The van der Waals surface area contributed by atoms with Gasteiger partial charge in [-0.1, -0.05) is 29.3 Å². The molecule has 104 valence electrons. The Morgan fingerprint density at radius 1 is 1.30 bits per heavy atom. The van der Waals surface area contributed by atoms with Crippen LogP contribution in [0.15, 0.2) is 30.3 Å². The summed E-state index contributed by atoms with van der Waals surface area (Å²) < 4.78 is 1.95. The topological polar surface area (TPSA) is 42.2 Å². The van der Waals surface area contributed by atoms with Crippen LogP contribution in [0, 0.1) is 13.8 Å². The molecule has 1 aromatic heterocycles. The van der Waals surface area contributed by atoms with E-state index in [0.29, 0.717) is 10.0 Å². The molecular formula is C15H13Cl2NO2. The molecule has 0 unspecified atom stereocenters. The third-order valence-corrected chi connectivity index (χ3v) is 3.86. The molecule has 2 rings (SSSR count). The molecule has 1 N–H and O–H groups in total. The highest BCUT2D eigenvalue weighted by Crippen LogP contribution is 2.31. The van der Waals surface area contributed by atoms with Crippen molar-refractivity contribution >= 4 is 35.2 Å². The van der Waals surface area contributed by atoms with Crippen molar-refractivity contribution in [3.05, 3.63) is 57.3 Å². The molecule has 2 aromatic rings. The highest BCUT2D eigenvalue weighted by atomic mass is 35.5. The van der Waals surface area contributed by atoms with Gasteiger partial charge in [-0.3, -0.25) is 0 Å². The van der Waals surface area contributed by atoms with Gasteiger partial charge in [0.25, 0.3) is 0 Å². The van der Waals surface area contributed by atoms with Crippen molar-refractivity contribution in [1.29, 1.82) is 0 Å². The Labute approximate surface area is 127 Å². The number of carboxylic acids is 1. The zero-order chi connectivity index (χ0) is 14.9. The lowest BCUT2D eigenvalue weighted by atomic mass is 10.2. The molecule has 0 spiro atoms. The lowest BCUT2D eigenvalue weighted by molar-refractivity contribution is -0.131. The van der Waals surface area contributed by atoms with E-state index in [9.17, 15) is 4.79 Å². The van der Waals surface area contributed by atoms with Gasteiger partial charge < -0.3 is 9.67 Å². The molecule has 0 bridgehead atoms. The summed E-state index contributed by atoms with van der Waals surface area (Å²) in [5.74, 6) is -0.976. The predicted molar refractivity (Wildman–Crippen MR) is 81.9 cm³/mol. The SMILES string of the molecule is Cc1cc(C=CC(=O)O)c(C)n1-c1cccc(Cl)c1Cl. The van der Waals surface area contributed by atoms with Crippen LogP contribution < -0.4 is 0 Å². The third-order valence-electron chi connectivity index (χ3n) is 3.05. The van der Waals surface area contributed by atoms with Gasteiger partial charge in [0.05, 0.1) is 15.7 Å². The maximum absolute atomic E-state index is 10.6. The van der Waals surface area contributed by atoms with Crippen molar-refractivity contribution in [3.8, 4) is 5.69 Å². The van der Waals surface area contributed by atoms with Crippen LogP contribution in [0.25, 0.3) is 11.8 Å². The van der Waals surface area contributed by atoms with Crippen LogP contribution in [0.1, 0.15) is 17.0 Å². The van der Waals surface area contributed by atoms with Crippen molar-refractivity contribution in [2.75, 3.05) is 0 Å². The standard InChI is InChI=1S/C15H13Cl2NO2/c1-9-8-11(6-7-14(19)20)10(2)18(9)13-5-3-4-12(16)15(13)17/h3-8H,1-2H3,(H,19,20). The second-order valence-electron chi connectivity index (χ2n) is 4.41. The number of nitrogens with zero attached hydrogens (tertiary/aromatic N) is 1. The van der Waals surface area contributed by atoms with Gasteiger partial charge in [-0.15, -0.1) is 0 Å². The van der Waals surface area contributed by atoms with Crippen LogP contribution in [0.4, 0.5) is 0 Å². The van der Waals surface area contributed by atoms with Crippen LogP contribution in [0.2, 0.25) is 10.0 Å². The molecule has 1 heterocycles. The fraction of sp³-hybridized carbons (Fsp3) is 0.133. The minimum absolute atomic E-state index is 0.477. The number of halogens is 2. The molecule has 0 atom stereocenters. The van der Waals surface area contributed by atoms with Gasteiger partial charge in [0.15, 0.2) is 0 Å². The van der Waals surface area contributed by atoms with Crippen molar-refractivity contribution in [2.24, 2.45) is 0 Å². The van der Waals surface area contributed by atoms with Crippen molar-refractivity contribution in [3.63, 3.8) is 0 Å².